The summed E-state index contributed by atoms with van der Waals surface area (Å²) in [6, 6.07) is 10.1. The van der Waals surface area contributed by atoms with Gasteiger partial charge in [0.05, 0.1) is 13.2 Å². The third-order valence-electron chi connectivity index (χ3n) is 3.35. The SMILES string of the molecule is COc1cc(C)cc(C)c1C(NN)c1cccc(F)c1. The predicted molar refractivity (Wildman–Crippen MR) is 78.0 cm³/mol. The second-order valence-corrected chi connectivity index (χ2v) is 4.85. The van der Waals surface area contributed by atoms with Crippen LogP contribution < -0.4 is 16.0 Å². The molecule has 0 amide bonds. The zero-order valence-corrected chi connectivity index (χ0v) is 11.9. The van der Waals surface area contributed by atoms with Gasteiger partial charge in [-0.2, -0.15) is 0 Å². The summed E-state index contributed by atoms with van der Waals surface area (Å²) in [4.78, 5) is 0. The fourth-order valence-corrected chi connectivity index (χ4v) is 2.51. The van der Waals surface area contributed by atoms with Crippen molar-refractivity contribution in [3.05, 3.63) is 64.5 Å². The number of aryl methyl sites for hydroxylation is 2. The number of nitrogens with two attached hydrogens (primary N) is 1. The Balaban J connectivity index is 2.57. The molecule has 1 atom stereocenters. The van der Waals surface area contributed by atoms with Gasteiger partial charge in [-0.25, -0.2) is 9.82 Å². The molecule has 0 saturated heterocycles. The fraction of sp³-hybridized carbons (Fsp3) is 0.250. The molecular formula is C16H19FN2O. The van der Waals surface area contributed by atoms with Gasteiger partial charge in [0.1, 0.15) is 11.6 Å². The van der Waals surface area contributed by atoms with E-state index in [1.807, 2.05) is 26.0 Å². The fourth-order valence-electron chi connectivity index (χ4n) is 2.51. The third kappa shape index (κ3) is 2.81. The van der Waals surface area contributed by atoms with Crippen LogP contribution in [0.1, 0.15) is 28.3 Å². The van der Waals surface area contributed by atoms with Gasteiger partial charge < -0.3 is 4.74 Å². The van der Waals surface area contributed by atoms with E-state index >= 15 is 0 Å². The standard InChI is InChI=1S/C16H19FN2O/c1-10-7-11(2)15(14(8-10)20-3)16(19-18)12-5-4-6-13(17)9-12/h4-9,16,19H,18H2,1-3H3. The van der Waals surface area contributed by atoms with Crippen molar-refractivity contribution in [1.29, 1.82) is 0 Å². The van der Waals surface area contributed by atoms with Gasteiger partial charge in [0.25, 0.3) is 0 Å². The van der Waals surface area contributed by atoms with E-state index in [2.05, 4.69) is 11.5 Å². The van der Waals surface area contributed by atoms with Crippen LogP contribution in [0.2, 0.25) is 0 Å². The summed E-state index contributed by atoms with van der Waals surface area (Å²) in [5.74, 6) is 6.15. The van der Waals surface area contributed by atoms with Crippen molar-refractivity contribution in [1.82, 2.24) is 5.43 Å². The topological polar surface area (TPSA) is 47.3 Å². The van der Waals surface area contributed by atoms with Crippen LogP contribution in [0.5, 0.6) is 5.75 Å². The molecule has 0 heterocycles. The molecule has 106 valence electrons. The molecule has 0 aliphatic heterocycles. The van der Waals surface area contributed by atoms with Gasteiger partial charge in [-0.15, -0.1) is 0 Å². The Labute approximate surface area is 118 Å². The van der Waals surface area contributed by atoms with Gasteiger partial charge in [0.2, 0.25) is 0 Å². The van der Waals surface area contributed by atoms with Crippen molar-refractivity contribution >= 4 is 0 Å². The van der Waals surface area contributed by atoms with E-state index in [4.69, 9.17) is 10.6 Å². The highest BCUT2D eigenvalue weighted by atomic mass is 19.1. The molecule has 0 radical (unpaired) electrons. The minimum absolute atomic E-state index is 0.286. The summed E-state index contributed by atoms with van der Waals surface area (Å²) in [7, 11) is 1.62. The Hall–Kier alpha value is -1.91. The number of hydrogen-bond acceptors (Lipinski definition) is 3. The number of ether oxygens (including phenoxy) is 1. The first kappa shape index (κ1) is 14.5. The summed E-state index contributed by atoms with van der Waals surface area (Å²) in [5.41, 5.74) is 6.59. The maximum atomic E-state index is 13.4. The lowest BCUT2D eigenvalue weighted by Crippen LogP contribution is -2.29. The second-order valence-electron chi connectivity index (χ2n) is 4.85. The normalized spacial score (nSPS) is 12.2. The summed E-state index contributed by atoms with van der Waals surface area (Å²) in [6.45, 7) is 4.00. The molecule has 0 fully saturated rings. The van der Waals surface area contributed by atoms with E-state index in [9.17, 15) is 4.39 Å². The first-order chi connectivity index (χ1) is 9.56. The summed E-state index contributed by atoms with van der Waals surface area (Å²) >= 11 is 0. The highest BCUT2D eigenvalue weighted by Crippen LogP contribution is 2.33. The van der Waals surface area contributed by atoms with Gasteiger partial charge in [-0.1, -0.05) is 18.2 Å². The van der Waals surface area contributed by atoms with Crippen LogP contribution in [-0.4, -0.2) is 7.11 Å². The molecule has 20 heavy (non-hydrogen) atoms. The number of hydrazine groups is 1. The third-order valence-corrected chi connectivity index (χ3v) is 3.35. The van der Waals surface area contributed by atoms with Crippen LogP contribution >= 0.6 is 0 Å². The molecule has 0 aromatic heterocycles. The Morgan fingerprint density at radius 2 is 1.95 bits per heavy atom. The molecular weight excluding hydrogens is 255 g/mol. The van der Waals surface area contributed by atoms with Gasteiger partial charge in [-0.3, -0.25) is 5.84 Å². The molecule has 0 spiro atoms. The lowest BCUT2D eigenvalue weighted by atomic mass is 9.93. The highest BCUT2D eigenvalue weighted by molar-refractivity contribution is 5.48. The number of halogens is 1. The predicted octanol–water partition coefficient (Wildman–Crippen LogP) is 3.00. The lowest BCUT2D eigenvalue weighted by molar-refractivity contribution is 0.403. The minimum atomic E-state index is -0.318. The van der Waals surface area contributed by atoms with Crippen LogP contribution in [0.15, 0.2) is 36.4 Å². The quantitative estimate of drug-likeness (QED) is 0.665. The maximum absolute atomic E-state index is 13.4. The number of methoxy groups -OCH3 is 1. The van der Waals surface area contributed by atoms with Crippen molar-refractivity contribution < 1.29 is 9.13 Å². The average Bonchev–Trinajstić information content (AvgIpc) is 2.41. The number of benzene rings is 2. The van der Waals surface area contributed by atoms with Crippen molar-refractivity contribution in [2.45, 2.75) is 19.9 Å². The second kappa shape index (κ2) is 6.03. The average molecular weight is 274 g/mol. The van der Waals surface area contributed by atoms with E-state index in [0.717, 1.165) is 28.0 Å². The smallest absolute Gasteiger partial charge is 0.124 e. The molecule has 2 aromatic carbocycles. The first-order valence-electron chi connectivity index (χ1n) is 6.43. The Bertz CT molecular complexity index is 613. The molecule has 0 bridgehead atoms. The van der Waals surface area contributed by atoms with Gasteiger partial charge in [-0.05, 0) is 48.7 Å². The van der Waals surface area contributed by atoms with Crippen LogP contribution in [0, 0.1) is 19.7 Å². The van der Waals surface area contributed by atoms with E-state index in [0.29, 0.717) is 0 Å². The summed E-state index contributed by atoms with van der Waals surface area (Å²) < 4.78 is 18.9. The molecule has 2 aromatic rings. The molecule has 0 saturated carbocycles. The van der Waals surface area contributed by atoms with Gasteiger partial charge in [0, 0.05) is 5.56 Å². The van der Waals surface area contributed by atoms with E-state index in [1.54, 1.807) is 13.2 Å². The Morgan fingerprint density at radius 3 is 2.55 bits per heavy atom. The van der Waals surface area contributed by atoms with E-state index in [-0.39, 0.29) is 11.9 Å². The van der Waals surface area contributed by atoms with Crippen molar-refractivity contribution in [2.75, 3.05) is 7.11 Å². The summed E-state index contributed by atoms with van der Waals surface area (Å²) in [5, 5.41) is 0. The monoisotopic (exact) mass is 274 g/mol. The highest BCUT2D eigenvalue weighted by Gasteiger charge is 2.20. The maximum Gasteiger partial charge on any atom is 0.124 e. The molecule has 3 nitrogen and oxygen atoms in total. The molecule has 3 N–H and O–H groups in total. The van der Waals surface area contributed by atoms with Crippen LogP contribution in [0.4, 0.5) is 4.39 Å². The Kier molecular flexibility index (Phi) is 4.37. The van der Waals surface area contributed by atoms with Crippen LogP contribution in [0.25, 0.3) is 0 Å². The Morgan fingerprint density at radius 1 is 1.20 bits per heavy atom. The largest absolute Gasteiger partial charge is 0.496 e. The lowest BCUT2D eigenvalue weighted by Gasteiger charge is -2.22. The molecule has 0 aliphatic carbocycles. The molecule has 1 unspecified atom stereocenters. The number of nitrogens with one attached hydrogen (secondary N) is 1. The van der Waals surface area contributed by atoms with Crippen LogP contribution in [0.3, 0.4) is 0 Å². The van der Waals surface area contributed by atoms with Crippen LogP contribution in [-0.2, 0) is 0 Å². The van der Waals surface area contributed by atoms with E-state index < -0.39 is 0 Å². The zero-order valence-electron chi connectivity index (χ0n) is 11.9. The zero-order chi connectivity index (χ0) is 14.7. The molecule has 0 aliphatic rings. The minimum Gasteiger partial charge on any atom is -0.496 e. The number of rotatable bonds is 4. The summed E-state index contributed by atoms with van der Waals surface area (Å²) in [6.07, 6.45) is 0. The van der Waals surface area contributed by atoms with Gasteiger partial charge >= 0.3 is 0 Å². The molecule has 4 heteroatoms. The van der Waals surface area contributed by atoms with Gasteiger partial charge in [0.15, 0.2) is 0 Å². The first-order valence-corrected chi connectivity index (χ1v) is 6.43. The molecule has 2 rings (SSSR count). The van der Waals surface area contributed by atoms with E-state index in [1.165, 1.54) is 12.1 Å². The number of hydrogen-bond donors (Lipinski definition) is 2. The van der Waals surface area contributed by atoms with Crippen molar-refractivity contribution in [3.63, 3.8) is 0 Å². The van der Waals surface area contributed by atoms with Crippen molar-refractivity contribution in [3.8, 4) is 5.75 Å². The van der Waals surface area contributed by atoms with Crippen molar-refractivity contribution in [2.24, 2.45) is 5.84 Å².